The van der Waals surface area contributed by atoms with E-state index in [-0.39, 0.29) is 10.6 Å². The lowest BCUT2D eigenvalue weighted by molar-refractivity contribution is 0.496. The first-order valence-corrected chi connectivity index (χ1v) is 7.48. The fourth-order valence-corrected chi connectivity index (χ4v) is 2.80. The molecule has 4 nitrogen and oxygen atoms in total. The van der Waals surface area contributed by atoms with Gasteiger partial charge in [-0.15, -0.1) is 0 Å². The molecule has 0 spiro atoms. The second kappa shape index (κ2) is 6.83. The highest BCUT2D eigenvalue weighted by Gasteiger charge is 2.24. The number of hydrazine groups is 1. The largest absolute Gasteiger partial charge is 0.271 e. The summed E-state index contributed by atoms with van der Waals surface area (Å²) in [6, 6.07) is 1.23. The highest BCUT2D eigenvalue weighted by molar-refractivity contribution is 9.10. The third kappa shape index (κ3) is 3.26. The first kappa shape index (κ1) is 16.4. The maximum atomic E-state index is 14.1. The number of nitrogens with zero attached hydrogens (tertiary/aromatic N) is 2. The summed E-state index contributed by atoms with van der Waals surface area (Å²) in [4.78, 5) is 0. The summed E-state index contributed by atoms with van der Waals surface area (Å²) in [5.74, 6) is 4.21. The molecular weight excluding hydrogens is 366 g/mol. The molecule has 1 atom stereocenters. The molecule has 0 aliphatic heterocycles. The van der Waals surface area contributed by atoms with E-state index < -0.39 is 17.7 Å². The van der Waals surface area contributed by atoms with Crippen LogP contribution in [0.25, 0.3) is 0 Å². The number of aryl methyl sites for hydroxylation is 1. The molecule has 0 fully saturated rings. The van der Waals surface area contributed by atoms with E-state index in [9.17, 15) is 8.78 Å². The summed E-state index contributed by atoms with van der Waals surface area (Å²) in [5.41, 5.74) is 3.20. The number of nitrogens with one attached hydrogen (secondary N) is 1. The predicted molar refractivity (Wildman–Crippen MR) is 80.8 cm³/mol. The summed E-state index contributed by atoms with van der Waals surface area (Å²) in [7, 11) is 0. The molecule has 0 bridgehead atoms. The number of rotatable bonds is 5. The van der Waals surface area contributed by atoms with Gasteiger partial charge in [0.15, 0.2) is 0 Å². The zero-order chi connectivity index (χ0) is 15.6. The number of hydrogen-bond donors (Lipinski definition) is 2. The van der Waals surface area contributed by atoms with Crippen molar-refractivity contribution < 1.29 is 8.78 Å². The van der Waals surface area contributed by atoms with E-state index in [0.29, 0.717) is 16.7 Å². The Balaban J connectivity index is 2.55. The Morgan fingerprint density at radius 3 is 2.76 bits per heavy atom. The quantitative estimate of drug-likeness (QED) is 0.475. The lowest BCUT2D eigenvalue weighted by Crippen LogP contribution is -2.32. The van der Waals surface area contributed by atoms with Gasteiger partial charge < -0.3 is 0 Å². The van der Waals surface area contributed by atoms with E-state index >= 15 is 0 Å². The second-order valence-corrected chi connectivity index (χ2v) is 5.75. The molecule has 114 valence electrons. The number of benzene rings is 1. The Morgan fingerprint density at radius 2 is 2.14 bits per heavy atom. The second-order valence-electron chi connectivity index (χ2n) is 4.49. The summed E-state index contributed by atoms with van der Waals surface area (Å²) in [5, 5.41) is 3.93. The van der Waals surface area contributed by atoms with Crippen LogP contribution in [0.15, 0.2) is 22.8 Å². The molecule has 2 rings (SSSR count). The standard InChI is InChI=1S/C13H14BrClF2N4/c1-2-3-21-13(8(14)6-19-21)12(20-18)7-4-11(17)9(15)5-10(7)16/h4-6,12,20H,2-3,18H2,1H3. The fourth-order valence-electron chi connectivity index (χ4n) is 2.12. The van der Waals surface area contributed by atoms with Crippen LogP contribution in [-0.4, -0.2) is 9.78 Å². The molecule has 1 aromatic carbocycles. The third-order valence-electron chi connectivity index (χ3n) is 3.06. The summed E-state index contributed by atoms with van der Waals surface area (Å²) in [6.07, 6.45) is 2.44. The SMILES string of the molecule is CCCn1ncc(Br)c1C(NN)c1cc(F)c(Cl)cc1F. The van der Waals surface area contributed by atoms with Gasteiger partial charge in [0.2, 0.25) is 0 Å². The Hall–Kier alpha value is -1.02. The highest BCUT2D eigenvalue weighted by atomic mass is 79.9. The molecule has 3 N–H and O–H groups in total. The normalized spacial score (nSPS) is 12.7. The van der Waals surface area contributed by atoms with Gasteiger partial charge in [-0.25, -0.2) is 14.2 Å². The van der Waals surface area contributed by atoms with Gasteiger partial charge >= 0.3 is 0 Å². The van der Waals surface area contributed by atoms with Crippen LogP contribution in [0, 0.1) is 11.6 Å². The van der Waals surface area contributed by atoms with Crippen LogP contribution in [0.5, 0.6) is 0 Å². The third-order valence-corrected chi connectivity index (χ3v) is 3.96. The maximum absolute atomic E-state index is 14.1. The van der Waals surface area contributed by atoms with Crippen molar-refractivity contribution in [2.24, 2.45) is 5.84 Å². The molecule has 0 amide bonds. The average molecular weight is 380 g/mol. The molecule has 0 saturated heterocycles. The van der Waals surface area contributed by atoms with E-state index in [4.69, 9.17) is 17.4 Å². The minimum Gasteiger partial charge on any atom is -0.271 e. The predicted octanol–water partition coefficient (Wildman–Crippen LogP) is 3.54. The average Bonchev–Trinajstić information content (AvgIpc) is 2.79. The van der Waals surface area contributed by atoms with Gasteiger partial charge in [0, 0.05) is 12.1 Å². The van der Waals surface area contributed by atoms with Crippen molar-refractivity contribution in [3.63, 3.8) is 0 Å². The van der Waals surface area contributed by atoms with Gasteiger partial charge in [-0.1, -0.05) is 18.5 Å². The Labute approximate surface area is 134 Å². The van der Waals surface area contributed by atoms with E-state index in [1.165, 1.54) is 0 Å². The van der Waals surface area contributed by atoms with Gasteiger partial charge in [-0.05, 0) is 34.5 Å². The van der Waals surface area contributed by atoms with E-state index in [2.05, 4.69) is 26.5 Å². The van der Waals surface area contributed by atoms with Crippen molar-refractivity contribution in [2.75, 3.05) is 0 Å². The summed E-state index contributed by atoms with van der Waals surface area (Å²) >= 11 is 8.94. The number of halogens is 4. The van der Waals surface area contributed by atoms with E-state index in [1.807, 2.05) is 6.92 Å². The fraction of sp³-hybridized carbons (Fsp3) is 0.308. The van der Waals surface area contributed by atoms with Gasteiger partial charge in [0.1, 0.15) is 11.6 Å². The maximum Gasteiger partial charge on any atom is 0.142 e. The zero-order valence-electron chi connectivity index (χ0n) is 11.2. The van der Waals surface area contributed by atoms with Crippen LogP contribution in [0.3, 0.4) is 0 Å². The molecule has 21 heavy (non-hydrogen) atoms. The zero-order valence-corrected chi connectivity index (χ0v) is 13.5. The highest BCUT2D eigenvalue weighted by Crippen LogP contribution is 2.31. The lowest BCUT2D eigenvalue weighted by Gasteiger charge is -2.19. The molecule has 8 heteroatoms. The molecule has 0 radical (unpaired) electrons. The first-order valence-electron chi connectivity index (χ1n) is 6.31. The van der Waals surface area contributed by atoms with Crippen LogP contribution in [-0.2, 0) is 6.54 Å². The van der Waals surface area contributed by atoms with E-state index in [0.717, 1.165) is 18.6 Å². The first-order chi connectivity index (χ1) is 9.99. The van der Waals surface area contributed by atoms with Crippen LogP contribution < -0.4 is 11.3 Å². The van der Waals surface area contributed by atoms with Gasteiger partial charge in [-0.2, -0.15) is 5.10 Å². The van der Waals surface area contributed by atoms with Crippen LogP contribution in [0.2, 0.25) is 5.02 Å². The van der Waals surface area contributed by atoms with Crippen molar-refractivity contribution >= 4 is 27.5 Å². The number of aromatic nitrogens is 2. The Morgan fingerprint density at radius 1 is 1.43 bits per heavy atom. The monoisotopic (exact) mass is 378 g/mol. The topological polar surface area (TPSA) is 55.9 Å². The number of nitrogens with two attached hydrogens (primary N) is 1. The Bertz CT molecular complexity index is 647. The molecule has 0 aliphatic rings. The van der Waals surface area contributed by atoms with Gasteiger partial charge in [0.05, 0.1) is 27.4 Å². The van der Waals surface area contributed by atoms with Crippen molar-refractivity contribution in [1.82, 2.24) is 15.2 Å². The smallest absolute Gasteiger partial charge is 0.142 e. The molecule has 0 saturated carbocycles. The minimum atomic E-state index is -0.750. The number of hydrogen-bond acceptors (Lipinski definition) is 3. The van der Waals surface area contributed by atoms with Crippen molar-refractivity contribution in [2.45, 2.75) is 25.9 Å². The molecular formula is C13H14BrClF2N4. The van der Waals surface area contributed by atoms with Crippen molar-refractivity contribution in [1.29, 1.82) is 0 Å². The van der Waals surface area contributed by atoms with Crippen molar-refractivity contribution in [3.8, 4) is 0 Å². The van der Waals surface area contributed by atoms with Gasteiger partial charge in [0.25, 0.3) is 0 Å². The summed E-state index contributed by atoms with van der Waals surface area (Å²) < 4.78 is 30.1. The Kier molecular flexibility index (Phi) is 5.32. The minimum absolute atomic E-state index is 0.0675. The van der Waals surface area contributed by atoms with Crippen molar-refractivity contribution in [3.05, 3.63) is 50.7 Å². The summed E-state index contributed by atoms with van der Waals surface area (Å²) in [6.45, 7) is 2.63. The molecule has 2 aromatic rings. The molecule has 0 aliphatic carbocycles. The van der Waals surface area contributed by atoms with Gasteiger partial charge in [-0.3, -0.25) is 10.5 Å². The van der Waals surface area contributed by atoms with Crippen LogP contribution >= 0.6 is 27.5 Å². The van der Waals surface area contributed by atoms with Crippen LogP contribution in [0.4, 0.5) is 8.78 Å². The molecule has 1 unspecified atom stereocenters. The molecule has 1 aromatic heterocycles. The molecule has 1 heterocycles. The van der Waals surface area contributed by atoms with Crippen LogP contribution in [0.1, 0.15) is 30.6 Å². The van der Waals surface area contributed by atoms with E-state index in [1.54, 1.807) is 10.9 Å². The lowest BCUT2D eigenvalue weighted by atomic mass is 10.0.